The Morgan fingerprint density at radius 2 is 2.17 bits per heavy atom. The lowest BCUT2D eigenvalue weighted by Crippen LogP contribution is -2.30. The Morgan fingerprint density at radius 1 is 1.44 bits per heavy atom. The van der Waals surface area contributed by atoms with E-state index in [1.165, 1.54) is 12.1 Å². The number of nitriles is 1. The molecule has 3 nitrogen and oxygen atoms in total. The van der Waals surface area contributed by atoms with E-state index in [0.29, 0.717) is 5.92 Å². The highest BCUT2D eigenvalue weighted by molar-refractivity contribution is 5.48. The van der Waals surface area contributed by atoms with Crippen molar-refractivity contribution in [3.05, 3.63) is 29.6 Å². The summed E-state index contributed by atoms with van der Waals surface area (Å²) < 4.78 is 18.8. The summed E-state index contributed by atoms with van der Waals surface area (Å²) in [5.74, 6) is 0.0825. The fourth-order valence-corrected chi connectivity index (χ4v) is 2.29. The van der Waals surface area contributed by atoms with Crippen LogP contribution in [0.5, 0.6) is 0 Å². The van der Waals surface area contributed by atoms with E-state index in [2.05, 4.69) is 12.2 Å². The maximum atomic E-state index is 13.5. The van der Waals surface area contributed by atoms with E-state index in [4.69, 9.17) is 10.00 Å². The number of hydrogen-bond acceptors (Lipinski definition) is 3. The first-order valence-electron chi connectivity index (χ1n) is 6.24. The summed E-state index contributed by atoms with van der Waals surface area (Å²) in [7, 11) is 0. The molecule has 1 unspecified atom stereocenters. The number of ether oxygens (including phenoxy) is 1. The van der Waals surface area contributed by atoms with Crippen molar-refractivity contribution >= 4 is 5.69 Å². The largest absolute Gasteiger partial charge is 0.382 e. The van der Waals surface area contributed by atoms with Gasteiger partial charge >= 0.3 is 0 Å². The predicted octanol–water partition coefficient (Wildman–Crippen LogP) is 2.92. The molecule has 0 radical (unpaired) electrons. The van der Waals surface area contributed by atoms with E-state index in [0.717, 1.165) is 31.7 Å². The summed E-state index contributed by atoms with van der Waals surface area (Å²) in [6.07, 6.45) is 2.07. The van der Waals surface area contributed by atoms with Crippen LogP contribution in [-0.2, 0) is 4.74 Å². The van der Waals surface area contributed by atoms with Crippen molar-refractivity contribution in [3.8, 4) is 6.07 Å². The molecule has 1 aromatic carbocycles. The lowest BCUT2D eigenvalue weighted by atomic mass is 9.93. The number of nitrogens with zero attached hydrogens (tertiary/aromatic N) is 1. The van der Waals surface area contributed by atoms with Crippen molar-refractivity contribution in [2.24, 2.45) is 5.92 Å². The Balaban J connectivity index is 2.00. The summed E-state index contributed by atoms with van der Waals surface area (Å²) in [5.41, 5.74) is 0.810. The van der Waals surface area contributed by atoms with Gasteiger partial charge in [0.25, 0.3) is 0 Å². The van der Waals surface area contributed by atoms with Crippen LogP contribution in [0.1, 0.15) is 25.3 Å². The van der Waals surface area contributed by atoms with E-state index in [9.17, 15) is 4.39 Å². The van der Waals surface area contributed by atoms with Crippen LogP contribution in [0.4, 0.5) is 10.1 Å². The lowest BCUT2D eigenvalue weighted by Gasteiger charge is -2.29. The first kappa shape index (κ1) is 12.8. The monoisotopic (exact) mass is 248 g/mol. The van der Waals surface area contributed by atoms with Gasteiger partial charge in [-0.2, -0.15) is 5.26 Å². The Hall–Kier alpha value is -1.60. The van der Waals surface area contributed by atoms with Crippen LogP contribution in [-0.4, -0.2) is 19.3 Å². The number of anilines is 1. The Bertz CT molecular complexity index is 450. The molecule has 0 aliphatic carbocycles. The standard InChI is InChI=1S/C14H17FN2O/c1-10(11-4-6-18-7-5-11)17-13-3-2-12(9-16)14(15)8-13/h2-3,8,10-11,17H,4-7H2,1H3. The van der Waals surface area contributed by atoms with E-state index >= 15 is 0 Å². The molecule has 96 valence electrons. The zero-order valence-electron chi connectivity index (χ0n) is 10.4. The summed E-state index contributed by atoms with van der Waals surface area (Å²) in [6, 6.07) is 6.74. The van der Waals surface area contributed by atoms with E-state index < -0.39 is 5.82 Å². The molecule has 0 spiro atoms. The molecular weight excluding hydrogens is 231 g/mol. The van der Waals surface area contributed by atoms with Gasteiger partial charge in [0.2, 0.25) is 0 Å². The average molecular weight is 248 g/mol. The third-order valence-electron chi connectivity index (χ3n) is 3.46. The SMILES string of the molecule is CC(Nc1ccc(C#N)c(F)c1)C1CCOCC1. The zero-order chi connectivity index (χ0) is 13.0. The molecule has 18 heavy (non-hydrogen) atoms. The van der Waals surface area contributed by atoms with Gasteiger partial charge in [0.1, 0.15) is 11.9 Å². The topological polar surface area (TPSA) is 45.0 Å². The molecule has 4 heteroatoms. The van der Waals surface area contributed by atoms with Gasteiger partial charge in [-0.25, -0.2) is 4.39 Å². The maximum absolute atomic E-state index is 13.5. The molecule has 1 aliphatic heterocycles. The molecule has 0 aromatic heterocycles. The molecule has 1 aromatic rings. The van der Waals surface area contributed by atoms with Crippen LogP contribution >= 0.6 is 0 Å². The van der Waals surface area contributed by atoms with Crippen molar-refractivity contribution in [1.29, 1.82) is 5.26 Å². The van der Waals surface area contributed by atoms with E-state index in [-0.39, 0.29) is 11.6 Å². The minimum Gasteiger partial charge on any atom is -0.382 e. The van der Waals surface area contributed by atoms with E-state index in [1.807, 2.05) is 6.07 Å². The quantitative estimate of drug-likeness (QED) is 0.894. The molecular formula is C14H17FN2O. The van der Waals surface area contributed by atoms with Crippen LogP contribution in [0.3, 0.4) is 0 Å². The van der Waals surface area contributed by atoms with E-state index in [1.54, 1.807) is 6.07 Å². The van der Waals surface area contributed by atoms with Crippen LogP contribution < -0.4 is 5.32 Å². The average Bonchev–Trinajstić information content (AvgIpc) is 2.40. The molecule has 0 bridgehead atoms. The number of nitrogens with one attached hydrogen (secondary N) is 1. The highest BCUT2D eigenvalue weighted by Crippen LogP contribution is 2.22. The summed E-state index contributed by atoms with van der Waals surface area (Å²) >= 11 is 0. The molecule has 0 saturated carbocycles. The van der Waals surface area contributed by atoms with Crippen molar-refractivity contribution in [2.75, 3.05) is 18.5 Å². The van der Waals surface area contributed by atoms with Crippen LogP contribution in [0, 0.1) is 23.1 Å². The normalized spacial score (nSPS) is 18.1. The maximum Gasteiger partial charge on any atom is 0.143 e. The molecule has 1 heterocycles. The zero-order valence-corrected chi connectivity index (χ0v) is 10.4. The van der Waals surface area contributed by atoms with Crippen molar-refractivity contribution in [3.63, 3.8) is 0 Å². The third-order valence-corrected chi connectivity index (χ3v) is 3.46. The second kappa shape index (κ2) is 5.83. The first-order valence-corrected chi connectivity index (χ1v) is 6.24. The highest BCUT2D eigenvalue weighted by atomic mass is 19.1. The second-order valence-corrected chi connectivity index (χ2v) is 4.69. The molecule has 2 rings (SSSR count). The predicted molar refractivity (Wildman–Crippen MR) is 67.7 cm³/mol. The smallest absolute Gasteiger partial charge is 0.143 e. The minimum absolute atomic E-state index is 0.0827. The van der Waals surface area contributed by atoms with Crippen molar-refractivity contribution in [1.82, 2.24) is 0 Å². The molecule has 1 saturated heterocycles. The van der Waals surface area contributed by atoms with Crippen molar-refractivity contribution in [2.45, 2.75) is 25.8 Å². The van der Waals surface area contributed by atoms with Gasteiger partial charge in [-0.1, -0.05) is 0 Å². The number of hydrogen-bond donors (Lipinski definition) is 1. The second-order valence-electron chi connectivity index (χ2n) is 4.69. The van der Waals surface area contributed by atoms with Gasteiger partial charge in [-0.05, 0) is 43.9 Å². The molecule has 0 amide bonds. The Morgan fingerprint density at radius 3 is 2.78 bits per heavy atom. The molecule has 1 atom stereocenters. The summed E-state index contributed by atoms with van der Waals surface area (Å²) in [6.45, 7) is 3.71. The van der Waals surface area contributed by atoms with Crippen LogP contribution in [0.15, 0.2) is 18.2 Å². The third kappa shape index (κ3) is 2.99. The number of benzene rings is 1. The number of halogens is 1. The fraction of sp³-hybridized carbons (Fsp3) is 0.500. The number of rotatable bonds is 3. The molecule has 1 fully saturated rings. The molecule has 1 aliphatic rings. The summed E-state index contributed by atoms with van der Waals surface area (Å²) in [4.78, 5) is 0. The van der Waals surface area contributed by atoms with Gasteiger partial charge in [-0.3, -0.25) is 0 Å². The van der Waals surface area contributed by atoms with Gasteiger partial charge in [0.05, 0.1) is 5.56 Å². The lowest BCUT2D eigenvalue weighted by molar-refractivity contribution is 0.0622. The Labute approximate surface area is 107 Å². The van der Waals surface area contributed by atoms with Crippen molar-refractivity contribution < 1.29 is 9.13 Å². The van der Waals surface area contributed by atoms with Gasteiger partial charge in [0.15, 0.2) is 0 Å². The summed E-state index contributed by atoms with van der Waals surface area (Å²) in [5, 5.41) is 12.0. The fourth-order valence-electron chi connectivity index (χ4n) is 2.29. The van der Waals surface area contributed by atoms with Gasteiger partial charge in [0, 0.05) is 24.9 Å². The minimum atomic E-state index is -0.471. The molecule has 1 N–H and O–H groups in total. The first-order chi connectivity index (χ1) is 8.70. The van der Waals surface area contributed by atoms with Gasteiger partial charge < -0.3 is 10.1 Å². The Kier molecular flexibility index (Phi) is 4.16. The highest BCUT2D eigenvalue weighted by Gasteiger charge is 2.20. The van der Waals surface area contributed by atoms with Gasteiger partial charge in [-0.15, -0.1) is 0 Å². The van der Waals surface area contributed by atoms with Crippen LogP contribution in [0.2, 0.25) is 0 Å². The van der Waals surface area contributed by atoms with Crippen LogP contribution in [0.25, 0.3) is 0 Å².